The number of carbonyl (C=O) groups is 1. The maximum absolute atomic E-state index is 14.7. The number of ether oxygens (including phenoxy) is 1. The zero-order chi connectivity index (χ0) is 27.7. The molecule has 4 rings (SSSR count). The van der Waals surface area contributed by atoms with Crippen molar-refractivity contribution in [2.24, 2.45) is 0 Å². The lowest BCUT2D eigenvalue weighted by molar-refractivity contribution is -0.253. The van der Waals surface area contributed by atoms with E-state index in [1.807, 2.05) is 0 Å². The van der Waals surface area contributed by atoms with Crippen LogP contribution in [0.5, 0.6) is 5.75 Å². The van der Waals surface area contributed by atoms with Gasteiger partial charge in [-0.3, -0.25) is 0 Å². The van der Waals surface area contributed by atoms with Crippen LogP contribution in [0.1, 0.15) is 23.1 Å². The average Bonchev–Trinajstić information content (AvgIpc) is 3.43. The first kappa shape index (κ1) is 27.2. The summed E-state index contributed by atoms with van der Waals surface area (Å²) in [6, 6.07) is 12.2. The highest BCUT2D eigenvalue weighted by Crippen LogP contribution is 2.42. The van der Waals surface area contributed by atoms with Gasteiger partial charge in [-0.05, 0) is 41.0 Å². The lowest BCUT2D eigenvalue weighted by atomic mass is 9.77. The highest BCUT2D eigenvalue weighted by Gasteiger charge is 2.58. The van der Waals surface area contributed by atoms with Gasteiger partial charge in [0.25, 0.3) is 5.92 Å². The Morgan fingerprint density at radius 2 is 1.58 bits per heavy atom. The van der Waals surface area contributed by atoms with Crippen LogP contribution in [-0.2, 0) is 12.0 Å². The third-order valence-corrected chi connectivity index (χ3v) is 5.98. The Labute approximate surface area is 211 Å². The summed E-state index contributed by atoms with van der Waals surface area (Å²) in [6.45, 7) is 0. The molecule has 1 aliphatic carbocycles. The van der Waals surface area contributed by atoms with Crippen molar-refractivity contribution < 1.29 is 44.7 Å². The number of hydrogen-bond donors (Lipinski definition) is 2. The van der Waals surface area contributed by atoms with E-state index in [-0.39, 0.29) is 17.5 Å². The van der Waals surface area contributed by atoms with E-state index in [0.717, 1.165) is 24.3 Å². The SMILES string of the molecule is O=C(NC1CC1(F)F)NC(Cc1ccccc1)(c1ccc(F)cc1)c1cc(F)cc(OC(F)(F)C(F)F)c1. The monoisotopic (exact) mass is 544 g/mol. The van der Waals surface area contributed by atoms with Crippen LogP contribution < -0.4 is 15.4 Å². The zero-order valence-electron chi connectivity index (χ0n) is 19.3. The standard InChI is InChI=1S/C26H20F8N2O2/c27-18-8-6-16(7-9-18)24(13-15-4-2-1-3-5-15,36-23(37)35-21-14-25(21,31)32)17-10-19(28)12-20(11-17)38-26(33,34)22(29)30/h1-12,21-22H,13-14H2,(H2,35,36,37). The topological polar surface area (TPSA) is 50.4 Å². The second-order valence-electron chi connectivity index (χ2n) is 8.83. The fraction of sp³-hybridized carbons (Fsp3) is 0.269. The minimum Gasteiger partial charge on any atom is -0.428 e. The molecule has 0 bridgehead atoms. The summed E-state index contributed by atoms with van der Waals surface area (Å²) in [6.07, 6.45) is -10.0. The molecule has 2 atom stereocenters. The highest BCUT2D eigenvalue weighted by molar-refractivity contribution is 5.77. The molecule has 38 heavy (non-hydrogen) atoms. The Morgan fingerprint density at radius 1 is 0.947 bits per heavy atom. The minimum absolute atomic E-state index is 0.109. The van der Waals surface area contributed by atoms with Crippen LogP contribution in [0.3, 0.4) is 0 Å². The number of nitrogens with one attached hydrogen (secondary N) is 2. The summed E-state index contributed by atoms with van der Waals surface area (Å²) in [5.41, 5.74) is -1.52. The van der Waals surface area contributed by atoms with Crippen LogP contribution in [0.15, 0.2) is 72.8 Å². The van der Waals surface area contributed by atoms with Gasteiger partial charge in [-0.15, -0.1) is 0 Å². The van der Waals surface area contributed by atoms with Gasteiger partial charge >= 0.3 is 18.6 Å². The maximum Gasteiger partial charge on any atom is 0.461 e. The van der Waals surface area contributed by atoms with Gasteiger partial charge in [0, 0.05) is 18.9 Å². The van der Waals surface area contributed by atoms with Crippen molar-refractivity contribution in [1.82, 2.24) is 10.6 Å². The predicted octanol–water partition coefficient (Wildman–Crippen LogP) is 6.39. The third kappa shape index (κ3) is 6.00. The molecule has 0 aliphatic heterocycles. The largest absolute Gasteiger partial charge is 0.461 e. The van der Waals surface area contributed by atoms with Crippen LogP contribution in [0, 0.1) is 11.6 Å². The molecule has 4 nitrogen and oxygen atoms in total. The Morgan fingerprint density at radius 3 is 2.16 bits per heavy atom. The molecule has 0 spiro atoms. The van der Waals surface area contributed by atoms with Gasteiger partial charge in [-0.25, -0.2) is 22.4 Å². The number of halogens is 8. The van der Waals surface area contributed by atoms with Gasteiger partial charge in [0.15, 0.2) is 0 Å². The molecule has 0 aromatic heterocycles. The van der Waals surface area contributed by atoms with E-state index in [1.165, 1.54) is 12.1 Å². The van der Waals surface area contributed by atoms with Crippen LogP contribution in [-0.4, -0.2) is 30.5 Å². The summed E-state index contributed by atoms with van der Waals surface area (Å²) in [5.74, 6) is -5.97. The lowest BCUT2D eigenvalue weighted by Gasteiger charge is -2.37. The van der Waals surface area contributed by atoms with Gasteiger partial charge in [-0.1, -0.05) is 42.5 Å². The minimum atomic E-state index is -4.97. The second-order valence-corrected chi connectivity index (χ2v) is 8.83. The molecule has 2 unspecified atom stereocenters. The molecule has 12 heteroatoms. The molecule has 1 fully saturated rings. The van der Waals surface area contributed by atoms with Gasteiger partial charge in [0.05, 0.1) is 5.54 Å². The summed E-state index contributed by atoms with van der Waals surface area (Å²) in [7, 11) is 0. The fourth-order valence-electron chi connectivity index (χ4n) is 4.02. The van der Waals surface area contributed by atoms with Gasteiger partial charge in [0.1, 0.15) is 23.4 Å². The molecule has 202 valence electrons. The van der Waals surface area contributed by atoms with Crippen molar-refractivity contribution in [3.63, 3.8) is 0 Å². The Balaban J connectivity index is 1.86. The molecular formula is C26H20F8N2O2. The van der Waals surface area contributed by atoms with E-state index in [2.05, 4.69) is 15.4 Å². The number of benzene rings is 3. The number of carbonyl (C=O) groups excluding carboxylic acids is 1. The first-order chi connectivity index (χ1) is 17.8. The van der Waals surface area contributed by atoms with Gasteiger partial charge in [0.2, 0.25) is 0 Å². The number of amides is 2. The summed E-state index contributed by atoms with van der Waals surface area (Å²) in [5, 5.41) is 4.62. The van der Waals surface area contributed by atoms with Crippen LogP contribution in [0.25, 0.3) is 0 Å². The number of urea groups is 1. The van der Waals surface area contributed by atoms with Crippen molar-refractivity contribution in [2.75, 3.05) is 0 Å². The van der Waals surface area contributed by atoms with Crippen LogP contribution in [0.2, 0.25) is 0 Å². The molecule has 0 radical (unpaired) electrons. The summed E-state index contributed by atoms with van der Waals surface area (Å²) >= 11 is 0. The Bertz CT molecular complexity index is 1290. The molecule has 1 aliphatic rings. The van der Waals surface area contributed by atoms with E-state index in [4.69, 9.17) is 0 Å². The van der Waals surface area contributed by atoms with E-state index in [1.54, 1.807) is 30.3 Å². The first-order valence-electron chi connectivity index (χ1n) is 11.2. The highest BCUT2D eigenvalue weighted by atomic mass is 19.3. The van der Waals surface area contributed by atoms with Crippen molar-refractivity contribution in [3.8, 4) is 5.75 Å². The van der Waals surface area contributed by atoms with Crippen LogP contribution in [0.4, 0.5) is 39.9 Å². The quantitative estimate of drug-likeness (QED) is 0.307. The summed E-state index contributed by atoms with van der Waals surface area (Å²) in [4.78, 5) is 12.9. The Kier molecular flexibility index (Phi) is 7.26. The smallest absolute Gasteiger partial charge is 0.428 e. The van der Waals surface area contributed by atoms with Crippen molar-refractivity contribution >= 4 is 6.03 Å². The van der Waals surface area contributed by atoms with Crippen molar-refractivity contribution in [2.45, 2.75) is 42.9 Å². The summed E-state index contributed by atoms with van der Waals surface area (Å²) < 4.78 is 112. The molecule has 1 saturated carbocycles. The molecule has 2 N–H and O–H groups in total. The molecular weight excluding hydrogens is 524 g/mol. The molecule has 3 aromatic carbocycles. The van der Waals surface area contributed by atoms with Crippen molar-refractivity contribution in [1.29, 1.82) is 0 Å². The first-order valence-corrected chi connectivity index (χ1v) is 11.2. The van der Waals surface area contributed by atoms with E-state index in [0.29, 0.717) is 11.6 Å². The number of hydrogen-bond acceptors (Lipinski definition) is 2. The Hall–Kier alpha value is -3.83. The fourth-order valence-corrected chi connectivity index (χ4v) is 4.02. The predicted molar refractivity (Wildman–Crippen MR) is 120 cm³/mol. The molecule has 2 amide bonds. The average molecular weight is 544 g/mol. The number of alkyl halides is 6. The van der Waals surface area contributed by atoms with Crippen molar-refractivity contribution in [3.05, 3.63) is 101 Å². The van der Waals surface area contributed by atoms with Crippen LogP contribution >= 0.6 is 0 Å². The third-order valence-electron chi connectivity index (χ3n) is 5.98. The maximum atomic E-state index is 14.7. The van der Waals surface area contributed by atoms with E-state index >= 15 is 0 Å². The lowest BCUT2D eigenvalue weighted by Crippen LogP contribution is -2.53. The second kappa shape index (κ2) is 10.1. The molecule has 3 aromatic rings. The molecule has 0 heterocycles. The van der Waals surface area contributed by atoms with Gasteiger partial charge in [-0.2, -0.15) is 17.6 Å². The van der Waals surface area contributed by atoms with E-state index in [9.17, 15) is 39.9 Å². The normalized spacial score (nSPS) is 18.0. The van der Waals surface area contributed by atoms with Gasteiger partial charge < -0.3 is 15.4 Å². The zero-order valence-corrected chi connectivity index (χ0v) is 19.3. The number of rotatable bonds is 9. The van der Waals surface area contributed by atoms with E-state index < -0.39 is 59.9 Å². The molecule has 0 saturated heterocycles.